The van der Waals surface area contributed by atoms with Crippen LogP contribution in [0.15, 0.2) is 59.7 Å². The third-order valence-corrected chi connectivity index (χ3v) is 5.14. The highest BCUT2D eigenvalue weighted by molar-refractivity contribution is 7.12. The molecule has 0 unspecified atom stereocenters. The number of para-hydroxylation sites is 1. The first-order valence-electron chi connectivity index (χ1n) is 8.65. The summed E-state index contributed by atoms with van der Waals surface area (Å²) in [6.07, 6.45) is 1.60. The van der Waals surface area contributed by atoms with Gasteiger partial charge in [0.05, 0.1) is 19.8 Å². The molecule has 1 aliphatic rings. The van der Waals surface area contributed by atoms with Crippen molar-refractivity contribution in [2.45, 2.75) is 0 Å². The first-order valence-corrected chi connectivity index (χ1v) is 9.53. The number of allylic oxidation sites excluding steroid dienone is 1. The topological polar surface area (TPSA) is 71.1 Å². The maximum Gasteiger partial charge on any atom is 0.353 e. The van der Waals surface area contributed by atoms with Crippen molar-refractivity contribution in [3.8, 4) is 23.0 Å². The van der Waals surface area contributed by atoms with Crippen LogP contribution in [0.2, 0.25) is 0 Å². The molecule has 0 saturated carbocycles. The van der Waals surface area contributed by atoms with Crippen LogP contribution in [0, 0.1) is 0 Å². The van der Waals surface area contributed by atoms with Crippen LogP contribution in [-0.4, -0.2) is 26.0 Å². The van der Waals surface area contributed by atoms with E-state index in [-0.39, 0.29) is 11.5 Å². The van der Waals surface area contributed by atoms with E-state index >= 15 is 0 Å². The van der Waals surface area contributed by atoms with Crippen LogP contribution in [0.4, 0.5) is 0 Å². The summed E-state index contributed by atoms with van der Waals surface area (Å²) in [5, 5.41) is 1.80. The second kappa shape index (κ2) is 7.81. The Bertz CT molecular complexity index is 1110. The molecule has 2 heterocycles. The number of carbonyl (C=O) groups excluding carboxylic acids is 2. The van der Waals surface area contributed by atoms with Gasteiger partial charge in [-0.1, -0.05) is 18.2 Å². The van der Waals surface area contributed by atoms with E-state index < -0.39 is 5.97 Å². The number of esters is 1. The second-order valence-electron chi connectivity index (χ2n) is 6.05. The molecule has 0 spiro atoms. The van der Waals surface area contributed by atoms with E-state index in [1.807, 2.05) is 0 Å². The Labute approximate surface area is 170 Å². The molecule has 2 aromatic carbocycles. The Morgan fingerprint density at radius 3 is 2.66 bits per heavy atom. The number of thiophene rings is 1. The van der Waals surface area contributed by atoms with E-state index in [0.29, 0.717) is 39.0 Å². The molecule has 0 radical (unpaired) electrons. The number of carbonyl (C=O) groups is 2. The first-order chi connectivity index (χ1) is 14.1. The fraction of sp³-hybridized carbons (Fsp3) is 0.0909. The Hall–Kier alpha value is -3.58. The van der Waals surface area contributed by atoms with Gasteiger partial charge >= 0.3 is 5.97 Å². The molecule has 0 atom stereocenters. The van der Waals surface area contributed by atoms with E-state index in [1.54, 1.807) is 61.0 Å². The molecular weight excluding hydrogens is 392 g/mol. The summed E-state index contributed by atoms with van der Waals surface area (Å²) in [5.74, 6) is 1.11. The van der Waals surface area contributed by atoms with E-state index in [9.17, 15) is 9.59 Å². The van der Waals surface area contributed by atoms with Gasteiger partial charge in [-0.15, -0.1) is 11.3 Å². The molecule has 0 amide bonds. The van der Waals surface area contributed by atoms with E-state index in [1.165, 1.54) is 24.5 Å². The van der Waals surface area contributed by atoms with Gasteiger partial charge in [0.1, 0.15) is 16.4 Å². The van der Waals surface area contributed by atoms with Crippen LogP contribution in [-0.2, 0) is 0 Å². The van der Waals surface area contributed by atoms with Gasteiger partial charge in [-0.25, -0.2) is 4.79 Å². The molecule has 3 aromatic rings. The highest BCUT2D eigenvalue weighted by Gasteiger charge is 2.28. The molecule has 1 aromatic heterocycles. The van der Waals surface area contributed by atoms with Gasteiger partial charge in [0, 0.05) is 11.6 Å². The number of fused-ring (bicyclic) bond motifs is 1. The third-order valence-electron chi connectivity index (χ3n) is 4.29. The normalized spacial score (nSPS) is 13.7. The second-order valence-corrected chi connectivity index (χ2v) is 7.00. The molecule has 0 fully saturated rings. The van der Waals surface area contributed by atoms with Crippen molar-refractivity contribution in [1.82, 2.24) is 0 Å². The summed E-state index contributed by atoms with van der Waals surface area (Å²) in [6, 6.07) is 13.5. The lowest BCUT2D eigenvalue weighted by Gasteiger charge is -2.10. The van der Waals surface area contributed by atoms with Crippen molar-refractivity contribution in [1.29, 1.82) is 0 Å². The molecule has 4 rings (SSSR count). The van der Waals surface area contributed by atoms with Gasteiger partial charge in [-0.3, -0.25) is 4.79 Å². The van der Waals surface area contributed by atoms with Gasteiger partial charge in [0.25, 0.3) is 0 Å². The van der Waals surface area contributed by atoms with Crippen molar-refractivity contribution < 1.29 is 28.5 Å². The van der Waals surface area contributed by atoms with Gasteiger partial charge in [-0.05, 0) is 35.7 Å². The van der Waals surface area contributed by atoms with Crippen molar-refractivity contribution in [3.63, 3.8) is 0 Å². The number of methoxy groups -OCH3 is 2. The van der Waals surface area contributed by atoms with Crippen LogP contribution in [0.5, 0.6) is 23.0 Å². The summed E-state index contributed by atoms with van der Waals surface area (Å²) in [4.78, 5) is 25.3. The van der Waals surface area contributed by atoms with Crippen molar-refractivity contribution >= 4 is 29.2 Å². The number of benzene rings is 2. The third kappa shape index (κ3) is 3.60. The molecule has 0 saturated heterocycles. The summed E-state index contributed by atoms with van der Waals surface area (Å²) >= 11 is 1.29. The van der Waals surface area contributed by atoms with Crippen molar-refractivity contribution in [2.24, 2.45) is 0 Å². The van der Waals surface area contributed by atoms with Crippen LogP contribution < -0.4 is 18.9 Å². The minimum atomic E-state index is -0.457. The van der Waals surface area contributed by atoms with Crippen molar-refractivity contribution in [2.75, 3.05) is 14.2 Å². The monoisotopic (exact) mass is 408 g/mol. The Balaban J connectivity index is 1.60. The van der Waals surface area contributed by atoms with Gasteiger partial charge < -0.3 is 18.9 Å². The highest BCUT2D eigenvalue weighted by Crippen LogP contribution is 2.37. The lowest BCUT2D eigenvalue weighted by atomic mass is 10.1. The van der Waals surface area contributed by atoms with Crippen LogP contribution in [0.1, 0.15) is 25.6 Å². The quantitative estimate of drug-likeness (QED) is 0.349. The summed E-state index contributed by atoms with van der Waals surface area (Å²) in [7, 11) is 3.07. The number of ketones is 1. The van der Waals surface area contributed by atoms with Crippen LogP contribution in [0.25, 0.3) is 6.08 Å². The molecule has 146 valence electrons. The largest absolute Gasteiger partial charge is 0.493 e. The number of hydrogen-bond acceptors (Lipinski definition) is 7. The van der Waals surface area contributed by atoms with Crippen molar-refractivity contribution in [3.05, 3.63) is 75.7 Å². The van der Waals surface area contributed by atoms with Gasteiger partial charge in [-0.2, -0.15) is 0 Å². The van der Waals surface area contributed by atoms with E-state index in [0.717, 1.165) is 0 Å². The van der Waals surface area contributed by atoms with Crippen LogP contribution in [0.3, 0.4) is 0 Å². The van der Waals surface area contributed by atoms with E-state index in [4.69, 9.17) is 18.9 Å². The summed E-state index contributed by atoms with van der Waals surface area (Å²) in [5.41, 5.74) is 1.04. The molecule has 0 N–H and O–H groups in total. The molecule has 6 nitrogen and oxygen atoms in total. The Morgan fingerprint density at radius 1 is 1.07 bits per heavy atom. The number of ether oxygens (including phenoxy) is 4. The maximum atomic E-state index is 12.7. The zero-order chi connectivity index (χ0) is 20.4. The molecule has 0 aliphatic carbocycles. The fourth-order valence-corrected chi connectivity index (χ4v) is 3.55. The summed E-state index contributed by atoms with van der Waals surface area (Å²) < 4.78 is 21.8. The zero-order valence-corrected chi connectivity index (χ0v) is 16.4. The first kappa shape index (κ1) is 18.8. The molecular formula is C22H16O6S. The lowest BCUT2D eigenvalue weighted by molar-refractivity contribution is 0.0739. The fourth-order valence-electron chi connectivity index (χ4n) is 2.95. The lowest BCUT2D eigenvalue weighted by Crippen LogP contribution is -2.06. The number of hydrogen-bond donors (Lipinski definition) is 0. The highest BCUT2D eigenvalue weighted by atomic mass is 32.1. The van der Waals surface area contributed by atoms with Gasteiger partial charge in [0.15, 0.2) is 17.3 Å². The smallest absolute Gasteiger partial charge is 0.353 e. The van der Waals surface area contributed by atoms with Gasteiger partial charge in [0.2, 0.25) is 5.78 Å². The number of Topliss-reactive ketones (excluding diaryl/α,β-unsaturated/α-hetero) is 1. The van der Waals surface area contributed by atoms with Crippen LogP contribution >= 0.6 is 11.3 Å². The zero-order valence-electron chi connectivity index (χ0n) is 15.6. The maximum absolute atomic E-state index is 12.7. The average molecular weight is 408 g/mol. The minimum Gasteiger partial charge on any atom is -0.493 e. The predicted octanol–water partition coefficient (Wildman–Crippen LogP) is 4.60. The molecule has 29 heavy (non-hydrogen) atoms. The molecule has 1 aliphatic heterocycles. The Kier molecular flexibility index (Phi) is 5.05. The summed E-state index contributed by atoms with van der Waals surface area (Å²) in [6.45, 7) is 0. The number of rotatable bonds is 5. The Morgan fingerprint density at radius 2 is 1.93 bits per heavy atom. The molecule has 0 bridgehead atoms. The predicted molar refractivity (Wildman–Crippen MR) is 108 cm³/mol. The standard InChI is InChI=1S/C22H16O6S/c1-25-16-6-3-5-13(21(16)26-2)11-18-20(23)15-9-8-14(12-17(15)28-18)27-22(24)19-7-4-10-29-19/h3-12H,1-2H3. The minimum absolute atomic E-state index is 0.147. The SMILES string of the molecule is COc1cccc(C=C2Oc3cc(OC(=O)c4cccs4)ccc3C2=O)c1OC. The molecule has 7 heteroatoms. The average Bonchev–Trinajstić information content (AvgIpc) is 3.37. The van der Waals surface area contributed by atoms with E-state index in [2.05, 4.69) is 0 Å².